The quantitative estimate of drug-likeness (QED) is 0.380. The van der Waals surface area contributed by atoms with Crippen LogP contribution in [0, 0.1) is 17.8 Å². The lowest BCUT2D eigenvalue weighted by Crippen LogP contribution is -2.57. The van der Waals surface area contributed by atoms with E-state index >= 15 is 0 Å². The van der Waals surface area contributed by atoms with Crippen LogP contribution in [0.1, 0.15) is 19.3 Å². The monoisotopic (exact) mass is 434 g/mol. The second-order valence-corrected chi connectivity index (χ2v) is 22.6. The molecule has 0 N–H and O–H groups in total. The number of carbonyl (C=O) groups excluding carboxylic acids is 2. The highest BCUT2D eigenvalue weighted by Crippen LogP contribution is 2.96. The summed E-state index contributed by atoms with van der Waals surface area (Å²) in [6, 6.07) is 0. The molecule has 5 rings (SSSR count). The van der Waals surface area contributed by atoms with Crippen LogP contribution in [0.4, 0.5) is 0 Å². The zero-order valence-corrected chi connectivity index (χ0v) is 21.0. The predicted octanol–water partition coefficient (Wildman–Crippen LogP) is 4.00. The molecule has 0 aromatic rings. The largest absolute Gasteiger partial charge is 0.466 e. The van der Waals surface area contributed by atoms with Crippen molar-refractivity contribution >= 4 is 28.1 Å². The molecule has 7 atom stereocenters. The summed E-state index contributed by atoms with van der Waals surface area (Å²) in [6.07, 6.45) is 3.56. The molecule has 0 spiro atoms. The highest BCUT2D eigenvalue weighted by molar-refractivity contribution is 6.87. The smallest absolute Gasteiger partial charge is 0.334 e. The summed E-state index contributed by atoms with van der Waals surface area (Å²) in [7, 11) is -0.984. The van der Waals surface area contributed by atoms with Crippen LogP contribution in [0.3, 0.4) is 0 Å². The molecule has 0 unspecified atom stereocenters. The molecular weight excluding hydrogens is 400 g/mol. The van der Waals surface area contributed by atoms with E-state index in [-0.39, 0.29) is 34.1 Å². The van der Waals surface area contributed by atoms with Crippen LogP contribution in [-0.2, 0) is 23.8 Å². The minimum Gasteiger partial charge on any atom is -0.466 e. The van der Waals surface area contributed by atoms with E-state index in [0.29, 0.717) is 28.5 Å². The second kappa shape index (κ2) is 5.27. The summed E-state index contributed by atoms with van der Waals surface area (Å²) < 4.78 is 17.6. The second-order valence-electron chi connectivity index (χ2n) is 12.0. The fourth-order valence-corrected chi connectivity index (χ4v) is 18.4. The number of fused-ring (bicyclic) bond motifs is 4. The van der Waals surface area contributed by atoms with Gasteiger partial charge in [0.05, 0.1) is 33.4 Å². The third-order valence-corrected chi connectivity index (χ3v) is 15.4. The first-order chi connectivity index (χ1) is 13.4. The van der Waals surface area contributed by atoms with E-state index in [4.69, 9.17) is 14.2 Å². The molecule has 0 aromatic heterocycles. The van der Waals surface area contributed by atoms with Crippen molar-refractivity contribution in [2.24, 2.45) is 17.8 Å². The van der Waals surface area contributed by atoms with Gasteiger partial charge in [-0.05, 0) is 36.6 Å². The van der Waals surface area contributed by atoms with E-state index < -0.39 is 16.1 Å². The van der Waals surface area contributed by atoms with E-state index in [0.717, 1.165) is 0 Å². The van der Waals surface area contributed by atoms with E-state index in [9.17, 15) is 9.59 Å². The molecule has 0 aromatic carbocycles. The highest BCUT2D eigenvalue weighted by atomic mass is 28.3. The molecule has 4 fully saturated rings. The Hall–Kier alpha value is -0.926. The normalized spacial score (nSPS) is 46.6. The van der Waals surface area contributed by atoms with Crippen LogP contribution >= 0.6 is 0 Å². The molecule has 5 aliphatic rings. The van der Waals surface area contributed by atoms with E-state index in [1.54, 1.807) is 0 Å². The molecule has 0 amide bonds. The van der Waals surface area contributed by atoms with Gasteiger partial charge in [0.15, 0.2) is 0 Å². The van der Waals surface area contributed by atoms with Crippen molar-refractivity contribution in [1.29, 1.82) is 0 Å². The van der Waals surface area contributed by atoms with Crippen LogP contribution in [0.2, 0.25) is 49.9 Å². The van der Waals surface area contributed by atoms with Crippen molar-refractivity contribution < 1.29 is 23.8 Å². The van der Waals surface area contributed by atoms with Gasteiger partial charge in [-0.25, -0.2) is 9.59 Å². The molecule has 1 saturated heterocycles. The first kappa shape index (κ1) is 20.0. The van der Waals surface area contributed by atoms with Crippen molar-refractivity contribution in [2.75, 3.05) is 14.2 Å². The molecule has 1 heterocycles. The minimum atomic E-state index is -2.06. The summed E-state index contributed by atoms with van der Waals surface area (Å²) >= 11 is 0. The highest BCUT2D eigenvalue weighted by Gasteiger charge is 3.01. The van der Waals surface area contributed by atoms with Gasteiger partial charge in [0, 0.05) is 19.0 Å². The molecule has 7 heteroatoms. The third kappa shape index (κ3) is 1.73. The van der Waals surface area contributed by atoms with Crippen LogP contribution < -0.4 is 0 Å². The van der Waals surface area contributed by atoms with Crippen LogP contribution in [0.5, 0.6) is 0 Å². The Kier molecular flexibility index (Phi) is 3.64. The standard InChI is InChI=1S/C22H34O5Si2/c1-25-18(23)14-15-17(28(3,4)5)21(29(6,7)8,16(14)19(24)26-2)22-13-10-9-12(11-13)20(15,22)27-22/h12-13,15,17H,9-11H2,1-8H3/t12-,13-,15-,17+,20+,21+,22-/m0/s1. The Labute approximate surface area is 175 Å². The van der Waals surface area contributed by atoms with Crippen LogP contribution in [0.25, 0.3) is 0 Å². The van der Waals surface area contributed by atoms with Crippen molar-refractivity contribution in [1.82, 2.24) is 0 Å². The maximum atomic E-state index is 13.4. The van der Waals surface area contributed by atoms with Crippen LogP contribution in [0.15, 0.2) is 11.1 Å². The lowest BCUT2D eigenvalue weighted by Gasteiger charge is -2.53. The fourth-order valence-electron chi connectivity index (χ4n) is 9.11. The SMILES string of the molecule is COC(=O)C1=C(C(=O)OC)[C@@]2([Si](C)(C)C)[C@H]([Si](C)(C)C)[C@H]1[C@@]13O[C@@]12[C@H]1CC[C@H]3C1. The summed E-state index contributed by atoms with van der Waals surface area (Å²) in [6.45, 7) is 14.3. The maximum Gasteiger partial charge on any atom is 0.334 e. The number of ether oxygens (including phenoxy) is 3. The number of hydrogen-bond acceptors (Lipinski definition) is 5. The Morgan fingerprint density at radius 1 is 0.966 bits per heavy atom. The average Bonchev–Trinajstić information content (AvgIpc) is 2.95. The number of esters is 2. The van der Waals surface area contributed by atoms with Gasteiger partial charge in [-0.15, -0.1) is 0 Å². The van der Waals surface area contributed by atoms with Gasteiger partial charge < -0.3 is 14.2 Å². The van der Waals surface area contributed by atoms with Gasteiger partial charge >= 0.3 is 11.9 Å². The summed E-state index contributed by atoms with van der Waals surface area (Å²) in [4.78, 5) is 26.6. The Morgan fingerprint density at radius 2 is 1.55 bits per heavy atom. The van der Waals surface area contributed by atoms with Crippen LogP contribution in [-0.4, -0.2) is 53.5 Å². The zero-order valence-electron chi connectivity index (χ0n) is 19.0. The van der Waals surface area contributed by atoms with E-state index in [2.05, 4.69) is 39.3 Å². The van der Waals surface area contributed by atoms with Crippen molar-refractivity contribution in [2.45, 2.75) is 80.3 Å². The van der Waals surface area contributed by atoms with Gasteiger partial charge in [-0.3, -0.25) is 0 Å². The molecule has 5 nitrogen and oxygen atoms in total. The molecule has 3 saturated carbocycles. The Morgan fingerprint density at radius 3 is 2.07 bits per heavy atom. The first-order valence-electron chi connectivity index (χ1n) is 11.0. The van der Waals surface area contributed by atoms with Crippen molar-refractivity contribution in [3.63, 3.8) is 0 Å². The topological polar surface area (TPSA) is 65.1 Å². The number of hydrogen-bond donors (Lipinski definition) is 0. The predicted molar refractivity (Wildman–Crippen MR) is 115 cm³/mol. The number of carbonyl (C=O) groups is 2. The number of methoxy groups -OCH3 is 2. The van der Waals surface area contributed by atoms with Gasteiger partial charge in [0.1, 0.15) is 11.2 Å². The fraction of sp³-hybridized carbons (Fsp3) is 0.818. The van der Waals surface area contributed by atoms with Gasteiger partial charge in [0.25, 0.3) is 0 Å². The first-order valence-corrected chi connectivity index (χ1v) is 18.1. The van der Waals surface area contributed by atoms with Crippen molar-refractivity contribution in [3.8, 4) is 0 Å². The van der Waals surface area contributed by atoms with E-state index in [1.165, 1.54) is 33.5 Å². The minimum absolute atomic E-state index is 0.0160. The molecule has 0 radical (unpaired) electrons. The number of rotatable bonds is 4. The molecular formula is C22H34O5Si2. The molecule has 160 valence electrons. The van der Waals surface area contributed by atoms with Gasteiger partial charge in [-0.2, -0.15) is 0 Å². The number of epoxide rings is 1. The lowest BCUT2D eigenvalue weighted by molar-refractivity contribution is -0.140. The molecule has 29 heavy (non-hydrogen) atoms. The maximum absolute atomic E-state index is 13.4. The third-order valence-electron chi connectivity index (χ3n) is 9.22. The summed E-state index contributed by atoms with van der Waals surface area (Å²) in [5.41, 5.74) is 1.06. The summed E-state index contributed by atoms with van der Waals surface area (Å²) in [5.74, 6) is 0.313. The van der Waals surface area contributed by atoms with E-state index in [1.807, 2.05) is 0 Å². The van der Waals surface area contributed by atoms with Gasteiger partial charge in [0.2, 0.25) is 0 Å². The molecule has 4 bridgehead atoms. The average molecular weight is 435 g/mol. The Balaban J connectivity index is 1.91. The van der Waals surface area contributed by atoms with Crippen molar-refractivity contribution in [3.05, 3.63) is 11.1 Å². The molecule has 4 aliphatic carbocycles. The summed E-state index contributed by atoms with van der Waals surface area (Å²) in [5, 5.41) is -0.369. The van der Waals surface area contributed by atoms with Gasteiger partial charge in [-0.1, -0.05) is 39.3 Å². The Bertz CT molecular complexity index is 867. The zero-order chi connectivity index (χ0) is 21.4. The molecule has 1 aliphatic heterocycles. The lowest BCUT2D eigenvalue weighted by atomic mass is 9.68.